The van der Waals surface area contributed by atoms with Gasteiger partial charge in [0.25, 0.3) is 0 Å². The van der Waals surface area contributed by atoms with Gasteiger partial charge in [-0.05, 0) is 33.6 Å². The Hall–Kier alpha value is -0.650. The number of hydrogen-bond donors (Lipinski definition) is 1. The molecule has 0 aliphatic rings. The topological polar surface area (TPSA) is 44.5 Å². The first-order valence-corrected chi connectivity index (χ1v) is 4.32. The zero-order chi connectivity index (χ0) is 9.84. The Labute approximate surface area is 83.7 Å². The van der Waals surface area contributed by atoms with Crippen molar-refractivity contribution in [1.29, 1.82) is 0 Å². The molecule has 0 saturated heterocycles. The van der Waals surface area contributed by atoms with Gasteiger partial charge >= 0.3 is 0 Å². The molecule has 1 aromatic rings. The molecule has 13 heavy (non-hydrogen) atoms. The highest BCUT2D eigenvalue weighted by atomic mass is 79.9. The number of ether oxygens (including phenoxy) is 1. The first kappa shape index (κ1) is 10.4. The maximum Gasteiger partial charge on any atom is 0.168 e. The molecule has 0 heterocycles. The van der Waals surface area contributed by atoms with Crippen molar-refractivity contribution in [2.75, 3.05) is 7.11 Å². The Morgan fingerprint density at radius 1 is 1.54 bits per heavy atom. The highest BCUT2D eigenvalue weighted by Crippen LogP contribution is 2.29. The van der Waals surface area contributed by atoms with Gasteiger partial charge in [0.1, 0.15) is 0 Å². The lowest BCUT2D eigenvalue weighted by molar-refractivity contribution is 0.124. The molecule has 3 nitrogen and oxygen atoms in total. The van der Waals surface area contributed by atoms with Gasteiger partial charge in [0.05, 0.1) is 18.2 Å². The Bertz CT molecular complexity index is 283. The first-order chi connectivity index (χ1) is 6.19. The second-order valence-corrected chi connectivity index (χ2v) is 3.26. The van der Waals surface area contributed by atoms with E-state index in [1.165, 1.54) is 13.2 Å². The third-order valence-electron chi connectivity index (χ3n) is 1.51. The second-order valence-electron chi connectivity index (χ2n) is 2.40. The largest absolute Gasteiger partial charge is 0.492 e. The van der Waals surface area contributed by atoms with Crippen LogP contribution >= 0.6 is 15.9 Å². The van der Waals surface area contributed by atoms with Gasteiger partial charge in [0, 0.05) is 0 Å². The number of hydrogen-bond acceptors (Lipinski definition) is 3. The summed E-state index contributed by atoms with van der Waals surface area (Å²) in [6, 6.07) is 3.01. The highest BCUT2D eigenvalue weighted by Gasteiger charge is 2.09. The third-order valence-corrected chi connectivity index (χ3v) is 2.10. The van der Waals surface area contributed by atoms with Crippen molar-refractivity contribution in [3.63, 3.8) is 0 Å². The fourth-order valence-corrected chi connectivity index (χ4v) is 1.63. The minimum absolute atomic E-state index is 0.166. The van der Waals surface area contributed by atoms with Crippen molar-refractivity contribution in [2.45, 2.75) is 6.61 Å². The van der Waals surface area contributed by atoms with Crippen LogP contribution in [0, 0.1) is 5.82 Å². The van der Waals surface area contributed by atoms with Crippen LogP contribution in [-0.2, 0) is 11.4 Å². The number of rotatable bonds is 3. The molecule has 0 unspecified atom stereocenters. The van der Waals surface area contributed by atoms with Gasteiger partial charge in [0.2, 0.25) is 0 Å². The van der Waals surface area contributed by atoms with Crippen molar-refractivity contribution < 1.29 is 14.0 Å². The smallest absolute Gasteiger partial charge is 0.168 e. The van der Waals surface area contributed by atoms with Gasteiger partial charge in [0.15, 0.2) is 11.6 Å². The summed E-state index contributed by atoms with van der Waals surface area (Å²) in [5, 5.41) is 0. The predicted molar refractivity (Wildman–Crippen MR) is 49.6 cm³/mol. The van der Waals surface area contributed by atoms with Crippen LogP contribution in [0.4, 0.5) is 4.39 Å². The molecule has 2 N–H and O–H groups in total. The van der Waals surface area contributed by atoms with Crippen LogP contribution < -0.4 is 10.6 Å². The van der Waals surface area contributed by atoms with E-state index < -0.39 is 5.82 Å². The maximum absolute atomic E-state index is 13.2. The maximum atomic E-state index is 13.2. The zero-order valence-corrected chi connectivity index (χ0v) is 8.60. The fraction of sp³-hybridized carbons (Fsp3) is 0.250. The normalized spacial score (nSPS) is 10.2. The molecule has 0 aliphatic heterocycles. The Kier molecular flexibility index (Phi) is 3.65. The summed E-state index contributed by atoms with van der Waals surface area (Å²) in [5.41, 5.74) is 0.646. The molecule has 0 saturated carbocycles. The lowest BCUT2D eigenvalue weighted by Crippen LogP contribution is -2.00. The molecule has 0 amide bonds. The predicted octanol–water partition coefficient (Wildman–Crippen LogP) is 1.99. The summed E-state index contributed by atoms with van der Waals surface area (Å²) in [6.45, 7) is 0.166. The van der Waals surface area contributed by atoms with Crippen LogP contribution in [-0.4, -0.2) is 7.11 Å². The monoisotopic (exact) mass is 249 g/mol. The Balaban J connectivity index is 3.05. The molecular formula is C8H9BrFNO2. The fourth-order valence-electron chi connectivity index (χ4n) is 0.987. The zero-order valence-electron chi connectivity index (χ0n) is 7.01. The first-order valence-electron chi connectivity index (χ1n) is 3.52. The van der Waals surface area contributed by atoms with Crippen LogP contribution in [0.2, 0.25) is 0 Å². The molecule has 0 fully saturated rings. The summed E-state index contributed by atoms with van der Waals surface area (Å²) in [5.74, 6) is 4.60. The average Bonchev–Trinajstić information content (AvgIpc) is 2.04. The molecule has 0 aromatic heterocycles. The molecule has 0 spiro atoms. The van der Waals surface area contributed by atoms with Crippen LogP contribution in [0.1, 0.15) is 5.56 Å². The highest BCUT2D eigenvalue weighted by molar-refractivity contribution is 9.10. The summed E-state index contributed by atoms with van der Waals surface area (Å²) >= 11 is 3.17. The molecule has 1 rings (SSSR count). The van der Waals surface area contributed by atoms with Crippen LogP contribution in [0.15, 0.2) is 16.6 Å². The molecule has 5 heteroatoms. The van der Waals surface area contributed by atoms with E-state index in [0.717, 1.165) is 0 Å². The van der Waals surface area contributed by atoms with E-state index in [9.17, 15) is 4.39 Å². The second kappa shape index (κ2) is 4.55. The van der Waals surface area contributed by atoms with E-state index in [1.54, 1.807) is 6.07 Å². The van der Waals surface area contributed by atoms with Gasteiger partial charge in [-0.2, -0.15) is 0 Å². The van der Waals surface area contributed by atoms with Gasteiger partial charge in [-0.15, -0.1) is 0 Å². The van der Waals surface area contributed by atoms with E-state index >= 15 is 0 Å². The summed E-state index contributed by atoms with van der Waals surface area (Å²) < 4.78 is 18.5. The third kappa shape index (κ3) is 2.40. The lowest BCUT2D eigenvalue weighted by atomic mass is 10.2. The molecule has 0 atom stereocenters. The van der Waals surface area contributed by atoms with Gasteiger partial charge in [-0.25, -0.2) is 10.3 Å². The van der Waals surface area contributed by atoms with E-state index in [1.807, 2.05) is 0 Å². The molecule has 1 aromatic carbocycles. The number of halogens is 2. The van der Waals surface area contributed by atoms with E-state index in [-0.39, 0.29) is 12.4 Å². The van der Waals surface area contributed by atoms with Crippen LogP contribution in [0.3, 0.4) is 0 Å². The lowest BCUT2D eigenvalue weighted by Gasteiger charge is -2.06. The van der Waals surface area contributed by atoms with Gasteiger partial charge < -0.3 is 4.74 Å². The minimum atomic E-state index is -0.441. The number of nitrogens with two attached hydrogens (primary N) is 1. The molecule has 0 aliphatic carbocycles. The van der Waals surface area contributed by atoms with Gasteiger partial charge in [-0.1, -0.05) is 0 Å². The van der Waals surface area contributed by atoms with Crippen LogP contribution in [0.25, 0.3) is 0 Å². The number of benzene rings is 1. The summed E-state index contributed by atoms with van der Waals surface area (Å²) in [7, 11) is 1.41. The average molecular weight is 250 g/mol. The van der Waals surface area contributed by atoms with Gasteiger partial charge in [-0.3, -0.25) is 4.84 Å². The van der Waals surface area contributed by atoms with Crippen molar-refractivity contribution in [3.05, 3.63) is 28.0 Å². The quantitative estimate of drug-likeness (QED) is 0.834. The van der Waals surface area contributed by atoms with E-state index in [4.69, 9.17) is 10.6 Å². The van der Waals surface area contributed by atoms with E-state index in [2.05, 4.69) is 20.8 Å². The van der Waals surface area contributed by atoms with Crippen molar-refractivity contribution in [3.8, 4) is 5.75 Å². The Morgan fingerprint density at radius 3 is 2.69 bits per heavy atom. The van der Waals surface area contributed by atoms with Crippen LogP contribution in [0.5, 0.6) is 5.75 Å². The number of methoxy groups -OCH3 is 1. The standard InChI is InChI=1S/C8H9BrFNO2/c1-12-8-6(9)2-5(4-13-11)3-7(8)10/h2-3H,4,11H2,1H3. The summed E-state index contributed by atoms with van der Waals surface area (Å²) in [4.78, 5) is 4.38. The molecule has 0 bridgehead atoms. The molecule has 0 radical (unpaired) electrons. The van der Waals surface area contributed by atoms with Crippen molar-refractivity contribution >= 4 is 15.9 Å². The van der Waals surface area contributed by atoms with Crippen molar-refractivity contribution in [1.82, 2.24) is 0 Å². The minimum Gasteiger partial charge on any atom is -0.492 e. The molecular weight excluding hydrogens is 241 g/mol. The molecule has 72 valence electrons. The Morgan fingerprint density at radius 2 is 2.23 bits per heavy atom. The van der Waals surface area contributed by atoms with Crippen molar-refractivity contribution in [2.24, 2.45) is 5.90 Å². The SMILES string of the molecule is COc1c(F)cc(CON)cc1Br. The summed E-state index contributed by atoms with van der Waals surface area (Å²) in [6.07, 6.45) is 0. The van der Waals surface area contributed by atoms with E-state index in [0.29, 0.717) is 10.0 Å².